The summed E-state index contributed by atoms with van der Waals surface area (Å²) in [5, 5.41) is 35.4. The molecule has 0 bridgehead atoms. The van der Waals surface area contributed by atoms with E-state index in [9.17, 15) is 29.8 Å². The van der Waals surface area contributed by atoms with Crippen LogP contribution in [-0.4, -0.2) is 45.6 Å². The number of methoxy groups -OCH3 is 1. The highest BCUT2D eigenvalue weighted by Gasteiger charge is 2.45. The zero-order valence-corrected chi connectivity index (χ0v) is 15.9. The van der Waals surface area contributed by atoms with E-state index in [0.29, 0.717) is 0 Å². The first-order valence-electron chi connectivity index (χ1n) is 9.16. The lowest BCUT2D eigenvalue weighted by Gasteiger charge is -2.36. The maximum Gasteiger partial charge on any atom is 0.202 e. The van der Waals surface area contributed by atoms with Crippen molar-refractivity contribution in [3.8, 4) is 17.2 Å². The van der Waals surface area contributed by atoms with Gasteiger partial charge in [0, 0.05) is 23.1 Å². The van der Waals surface area contributed by atoms with Crippen LogP contribution in [0.3, 0.4) is 0 Å². The van der Waals surface area contributed by atoms with E-state index in [1.165, 1.54) is 26.2 Å². The predicted molar refractivity (Wildman–Crippen MR) is 102 cm³/mol. The number of carbonyl (C=O) groups excluding carboxylic acids is 2. The van der Waals surface area contributed by atoms with Crippen molar-refractivity contribution < 1.29 is 29.6 Å². The Kier molecular flexibility index (Phi) is 4.20. The zero-order valence-electron chi connectivity index (χ0n) is 15.9. The number of hydrogen-bond acceptors (Lipinski definition) is 8. The summed E-state index contributed by atoms with van der Waals surface area (Å²) < 4.78 is 5.20. The van der Waals surface area contributed by atoms with Crippen LogP contribution < -0.4 is 4.74 Å². The van der Waals surface area contributed by atoms with Gasteiger partial charge in [0.25, 0.3) is 0 Å². The van der Waals surface area contributed by atoms with E-state index in [1.807, 2.05) is 0 Å². The van der Waals surface area contributed by atoms with Gasteiger partial charge in [-0.15, -0.1) is 0 Å². The number of fused-ring (bicyclic) bond motifs is 3. The number of nitrogens with zero attached hydrogens (tertiary/aromatic N) is 1. The van der Waals surface area contributed by atoms with Crippen LogP contribution in [0.15, 0.2) is 23.4 Å². The quantitative estimate of drug-likeness (QED) is 0.456. The van der Waals surface area contributed by atoms with Crippen molar-refractivity contribution in [2.45, 2.75) is 37.8 Å². The maximum atomic E-state index is 13.2. The number of phenols is 2. The molecule has 2 aromatic carbocycles. The molecule has 0 aliphatic heterocycles. The minimum Gasteiger partial charge on any atom is -0.507 e. The van der Waals surface area contributed by atoms with Gasteiger partial charge in [-0.1, -0.05) is 17.3 Å². The number of rotatable bonds is 3. The molecule has 0 saturated carbocycles. The molecule has 0 heterocycles. The van der Waals surface area contributed by atoms with Gasteiger partial charge in [0.1, 0.15) is 23.3 Å². The van der Waals surface area contributed by atoms with Crippen LogP contribution in [0.2, 0.25) is 0 Å². The lowest BCUT2D eigenvalue weighted by Crippen LogP contribution is -2.44. The molecular formula is C21H19NO7. The molecule has 0 aromatic heterocycles. The molecule has 2 aromatic rings. The van der Waals surface area contributed by atoms with Gasteiger partial charge in [0.05, 0.1) is 29.4 Å². The summed E-state index contributed by atoms with van der Waals surface area (Å²) in [5.74, 6) is -1.90. The third kappa shape index (κ3) is 2.49. The summed E-state index contributed by atoms with van der Waals surface area (Å²) in [6.07, 6.45) is 0.0493. The summed E-state index contributed by atoms with van der Waals surface area (Å²) in [5.41, 5.74) is -1.56. The molecule has 0 saturated heterocycles. The molecule has 0 spiro atoms. The largest absolute Gasteiger partial charge is 0.507 e. The molecule has 2 unspecified atom stereocenters. The van der Waals surface area contributed by atoms with Gasteiger partial charge in [-0.25, -0.2) is 0 Å². The molecule has 2 atom stereocenters. The Labute approximate surface area is 165 Å². The molecule has 0 radical (unpaired) electrons. The van der Waals surface area contributed by atoms with Crippen LogP contribution in [0.5, 0.6) is 17.2 Å². The van der Waals surface area contributed by atoms with E-state index in [0.717, 1.165) is 0 Å². The van der Waals surface area contributed by atoms with Gasteiger partial charge in [0.2, 0.25) is 5.78 Å². The van der Waals surface area contributed by atoms with Crippen molar-refractivity contribution in [2.75, 3.05) is 7.11 Å². The average Bonchev–Trinajstić information content (AvgIpc) is 2.73. The third-order valence-corrected chi connectivity index (χ3v) is 6.06. The number of ether oxygens (including phenoxy) is 1. The molecule has 150 valence electrons. The van der Waals surface area contributed by atoms with Crippen molar-refractivity contribution in [3.63, 3.8) is 0 Å². The molecule has 8 heteroatoms. The first-order chi connectivity index (χ1) is 13.7. The first-order valence-corrected chi connectivity index (χ1v) is 9.16. The number of aliphatic hydroxyl groups is 1. The van der Waals surface area contributed by atoms with Gasteiger partial charge in [-0.05, 0) is 25.8 Å². The summed E-state index contributed by atoms with van der Waals surface area (Å²) in [6.45, 7) is 1.46. The number of aromatic hydroxyl groups is 2. The lowest BCUT2D eigenvalue weighted by atomic mass is 9.72. The zero-order chi connectivity index (χ0) is 21.1. The Bertz CT molecular complexity index is 1090. The number of carbonyl (C=O) groups is 2. The van der Waals surface area contributed by atoms with E-state index in [4.69, 9.17) is 4.74 Å². The third-order valence-electron chi connectivity index (χ3n) is 6.06. The van der Waals surface area contributed by atoms with Crippen LogP contribution in [0.25, 0.3) is 0 Å². The van der Waals surface area contributed by atoms with E-state index in [1.54, 1.807) is 6.07 Å². The second-order valence-corrected chi connectivity index (χ2v) is 7.51. The minimum atomic E-state index is -1.52. The second-order valence-electron chi connectivity index (χ2n) is 7.51. The highest BCUT2D eigenvalue weighted by Crippen LogP contribution is 2.48. The number of ketones is 2. The molecule has 4 rings (SSSR count). The predicted octanol–water partition coefficient (Wildman–Crippen LogP) is 2.26. The molecule has 2 aliphatic carbocycles. The highest BCUT2D eigenvalue weighted by atomic mass is 16.5. The number of benzene rings is 2. The van der Waals surface area contributed by atoms with Crippen molar-refractivity contribution in [3.05, 3.63) is 56.5 Å². The van der Waals surface area contributed by atoms with Crippen LogP contribution in [-0.2, 0) is 12.8 Å². The fraction of sp³-hybridized carbons (Fsp3) is 0.333. The van der Waals surface area contributed by atoms with Gasteiger partial charge < -0.3 is 20.1 Å². The van der Waals surface area contributed by atoms with Gasteiger partial charge in [-0.2, -0.15) is 4.91 Å². The van der Waals surface area contributed by atoms with Crippen LogP contribution in [0.1, 0.15) is 56.3 Å². The number of nitroso groups, excluding NO2 is 1. The Morgan fingerprint density at radius 3 is 2.38 bits per heavy atom. The first kappa shape index (κ1) is 19.1. The summed E-state index contributed by atoms with van der Waals surface area (Å²) in [6, 6.07) is 3.60. The molecule has 0 amide bonds. The minimum absolute atomic E-state index is 0.0354. The molecule has 8 nitrogen and oxygen atoms in total. The van der Waals surface area contributed by atoms with Gasteiger partial charge in [0.15, 0.2) is 5.78 Å². The monoisotopic (exact) mass is 397 g/mol. The van der Waals surface area contributed by atoms with E-state index in [-0.39, 0.29) is 58.4 Å². The number of hydrogen-bond donors (Lipinski definition) is 3. The molecule has 29 heavy (non-hydrogen) atoms. The van der Waals surface area contributed by atoms with Crippen molar-refractivity contribution >= 4 is 11.6 Å². The highest BCUT2D eigenvalue weighted by molar-refractivity contribution is 6.31. The van der Waals surface area contributed by atoms with E-state index in [2.05, 4.69) is 5.18 Å². The van der Waals surface area contributed by atoms with Crippen LogP contribution >= 0.6 is 0 Å². The van der Waals surface area contributed by atoms with Crippen LogP contribution in [0.4, 0.5) is 0 Å². The van der Waals surface area contributed by atoms with Crippen molar-refractivity contribution in [1.82, 2.24) is 0 Å². The topological polar surface area (TPSA) is 133 Å². The van der Waals surface area contributed by atoms with Gasteiger partial charge >= 0.3 is 0 Å². The summed E-state index contributed by atoms with van der Waals surface area (Å²) in [7, 11) is 1.37. The Balaban J connectivity index is 1.97. The number of phenolic OH excluding ortho intramolecular Hbond substituents is 2. The Morgan fingerprint density at radius 1 is 1.07 bits per heavy atom. The second kappa shape index (κ2) is 6.38. The molecular weight excluding hydrogens is 378 g/mol. The Morgan fingerprint density at radius 2 is 1.72 bits per heavy atom. The summed E-state index contributed by atoms with van der Waals surface area (Å²) >= 11 is 0. The van der Waals surface area contributed by atoms with E-state index < -0.39 is 34.7 Å². The smallest absolute Gasteiger partial charge is 0.202 e. The maximum absolute atomic E-state index is 13.2. The standard InChI is InChI=1S/C21H19NO7/c1-9(22-28)21(27)7-6-10-12(8-21)19(25)15-16(17(10)23)20(26)14-11(18(15)24)4-3-5-13(14)29-2/h3-5,9,23,25,27H,6-8H2,1-2H3. The van der Waals surface area contributed by atoms with Gasteiger partial charge in [-0.3, -0.25) is 9.59 Å². The molecule has 3 N–H and O–H groups in total. The lowest BCUT2D eigenvalue weighted by molar-refractivity contribution is 0.00579. The van der Waals surface area contributed by atoms with Crippen LogP contribution in [0, 0.1) is 4.91 Å². The fourth-order valence-corrected chi connectivity index (χ4v) is 4.30. The molecule has 0 fully saturated rings. The average molecular weight is 397 g/mol. The SMILES string of the molecule is COc1cccc2c1C(=O)c1c(O)c3c(c(O)c1C2=O)CC(O)(C(C)N=O)CC3. The normalized spacial score (nSPS) is 21.1. The molecule has 2 aliphatic rings. The van der Waals surface area contributed by atoms with Crippen molar-refractivity contribution in [2.24, 2.45) is 5.18 Å². The Hall–Kier alpha value is -3.26. The van der Waals surface area contributed by atoms with Crippen molar-refractivity contribution in [1.29, 1.82) is 0 Å². The fourth-order valence-electron chi connectivity index (χ4n) is 4.30. The van der Waals surface area contributed by atoms with E-state index >= 15 is 0 Å². The summed E-state index contributed by atoms with van der Waals surface area (Å²) in [4.78, 5) is 37.3.